The molecule has 1 N–H and O–H groups in total. The molecular weight excluding hydrogens is 328 g/mol. The number of nitrogens with one attached hydrogen (secondary N) is 1. The predicted molar refractivity (Wildman–Crippen MR) is 90.0 cm³/mol. The Hall–Kier alpha value is -2.25. The molecule has 3 rings (SSSR count). The Morgan fingerprint density at radius 1 is 1.20 bits per heavy atom. The minimum Gasteiger partial charge on any atom is -0.468 e. The van der Waals surface area contributed by atoms with Crippen molar-refractivity contribution >= 4 is 11.6 Å². The number of halogens is 2. The first-order valence-electron chi connectivity index (χ1n) is 8.27. The van der Waals surface area contributed by atoms with Crippen molar-refractivity contribution in [1.82, 2.24) is 9.80 Å². The lowest BCUT2D eigenvalue weighted by Gasteiger charge is -2.37. The lowest BCUT2D eigenvalue weighted by molar-refractivity contribution is -0.121. The molecule has 0 aliphatic carbocycles. The molecular formula is C18H21F2N3O2. The zero-order valence-corrected chi connectivity index (χ0v) is 14.0. The Morgan fingerprint density at radius 2 is 1.96 bits per heavy atom. The van der Waals surface area contributed by atoms with Gasteiger partial charge in [-0.1, -0.05) is 0 Å². The number of amides is 1. The summed E-state index contributed by atoms with van der Waals surface area (Å²) in [6, 6.07) is 6.81. The van der Waals surface area contributed by atoms with E-state index < -0.39 is 11.6 Å². The number of nitrogens with zero attached hydrogens (tertiary/aromatic N) is 2. The maximum Gasteiger partial charge on any atom is 0.241 e. The van der Waals surface area contributed by atoms with Gasteiger partial charge in [-0.05, 0) is 31.2 Å². The van der Waals surface area contributed by atoms with E-state index >= 15 is 0 Å². The van der Waals surface area contributed by atoms with Gasteiger partial charge in [0.25, 0.3) is 0 Å². The van der Waals surface area contributed by atoms with Crippen LogP contribution in [0.1, 0.15) is 12.7 Å². The summed E-state index contributed by atoms with van der Waals surface area (Å²) in [7, 11) is 0. The van der Waals surface area contributed by atoms with E-state index in [9.17, 15) is 13.6 Å². The molecule has 1 atom stereocenters. The lowest BCUT2D eigenvalue weighted by atomic mass is 10.2. The summed E-state index contributed by atoms with van der Waals surface area (Å²) in [4.78, 5) is 16.7. The van der Waals surface area contributed by atoms with Gasteiger partial charge in [-0.15, -0.1) is 0 Å². The Bertz CT molecular complexity index is 713. The summed E-state index contributed by atoms with van der Waals surface area (Å²) in [6.45, 7) is 5.76. The third-order valence-electron chi connectivity index (χ3n) is 4.48. The van der Waals surface area contributed by atoms with Gasteiger partial charge in [0.2, 0.25) is 5.91 Å². The second-order valence-corrected chi connectivity index (χ2v) is 6.19. The van der Waals surface area contributed by atoms with Crippen molar-refractivity contribution in [3.63, 3.8) is 0 Å². The van der Waals surface area contributed by atoms with Crippen LogP contribution in [0.4, 0.5) is 14.5 Å². The van der Waals surface area contributed by atoms with Crippen LogP contribution in [0.3, 0.4) is 0 Å². The fourth-order valence-electron chi connectivity index (χ4n) is 2.92. The number of hydrogen-bond acceptors (Lipinski definition) is 4. The highest BCUT2D eigenvalue weighted by atomic mass is 19.2. The van der Waals surface area contributed by atoms with Crippen molar-refractivity contribution in [2.45, 2.75) is 19.5 Å². The molecule has 25 heavy (non-hydrogen) atoms. The van der Waals surface area contributed by atoms with Crippen LogP contribution in [-0.4, -0.2) is 47.9 Å². The van der Waals surface area contributed by atoms with Crippen LogP contribution in [0.15, 0.2) is 41.0 Å². The van der Waals surface area contributed by atoms with E-state index in [1.54, 1.807) is 6.26 Å². The molecule has 1 aliphatic rings. The molecule has 0 spiro atoms. The van der Waals surface area contributed by atoms with Crippen molar-refractivity contribution in [3.05, 3.63) is 54.0 Å². The van der Waals surface area contributed by atoms with Crippen LogP contribution in [0.25, 0.3) is 0 Å². The van der Waals surface area contributed by atoms with Crippen LogP contribution < -0.4 is 5.32 Å². The first-order chi connectivity index (χ1) is 12.0. The molecule has 1 aliphatic heterocycles. The van der Waals surface area contributed by atoms with Crippen molar-refractivity contribution in [3.8, 4) is 0 Å². The van der Waals surface area contributed by atoms with Gasteiger partial charge in [-0.25, -0.2) is 8.78 Å². The average Bonchev–Trinajstić information content (AvgIpc) is 3.11. The lowest BCUT2D eigenvalue weighted by Crippen LogP contribution is -2.52. The largest absolute Gasteiger partial charge is 0.468 e. The summed E-state index contributed by atoms with van der Waals surface area (Å²) in [5.74, 6) is -1.21. The number of carbonyl (C=O) groups is 1. The number of piperazine rings is 1. The van der Waals surface area contributed by atoms with Crippen molar-refractivity contribution in [2.24, 2.45) is 0 Å². The molecule has 0 bridgehead atoms. The Morgan fingerprint density at radius 3 is 2.60 bits per heavy atom. The van der Waals surface area contributed by atoms with Gasteiger partial charge in [0, 0.05) is 37.9 Å². The predicted octanol–water partition coefficient (Wildman–Crippen LogP) is 2.70. The smallest absolute Gasteiger partial charge is 0.241 e. The van der Waals surface area contributed by atoms with E-state index in [1.165, 1.54) is 6.07 Å². The van der Waals surface area contributed by atoms with E-state index in [2.05, 4.69) is 15.1 Å². The Balaban J connectivity index is 1.50. The summed E-state index contributed by atoms with van der Waals surface area (Å²) in [5, 5.41) is 2.64. The molecule has 2 aromatic rings. The number of hydrogen-bond donors (Lipinski definition) is 1. The summed E-state index contributed by atoms with van der Waals surface area (Å²) in [5.41, 5.74) is 0.257. The second-order valence-electron chi connectivity index (χ2n) is 6.19. The zero-order chi connectivity index (χ0) is 17.8. The fourth-order valence-corrected chi connectivity index (χ4v) is 2.92. The minimum atomic E-state index is -0.975. The highest BCUT2D eigenvalue weighted by Crippen LogP contribution is 2.15. The van der Waals surface area contributed by atoms with E-state index in [-0.39, 0.29) is 17.6 Å². The fraction of sp³-hybridized carbons (Fsp3) is 0.389. The normalized spacial score (nSPS) is 17.4. The molecule has 1 aromatic carbocycles. The molecule has 2 heterocycles. The monoisotopic (exact) mass is 349 g/mol. The van der Waals surface area contributed by atoms with Crippen LogP contribution >= 0.6 is 0 Å². The number of furan rings is 1. The van der Waals surface area contributed by atoms with Crippen LogP contribution in [-0.2, 0) is 11.3 Å². The van der Waals surface area contributed by atoms with E-state index in [0.29, 0.717) is 0 Å². The second kappa shape index (κ2) is 7.76. The summed E-state index contributed by atoms with van der Waals surface area (Å²) in [6.07, 6.45) is 1.66. The molecule has 0 saturated carbocycles. The quantitative estimate of drug-likeness (QED) is 0.902. The molecule has 1 aromatic heterocycles. The molecule has 7 heteroatoms. The van der Waals surface area contributed by atoms with E-state index in [4.69, 9.17) is 4.42 Å². The van der Waals surface area contributed by atoms with Crippen molar-refractivity contribution < 1.29 is 18.0 Å². The van der Waals surface area contributed by atoms with Gasteiger partial charge in [0.15, 0.2) is 11.6 Å². The zero-order valence-electron chi connectivity index (χ0n) is 14.0. The van der Waals surface area contributed by atoms with Gasteiger partial charge >= 0.3 is 0 Å². The molecule has 1 unspecified atom stereocenters. The van der Waals surface area contributed by atoms with Gasteiger partial charge < -0.3 is 9.73 Å². The highest BCUT2D eigenvalue weighted by Gasteiger charge is 2.26. The van der Waals surface area contributed by atoms with Gasteiger partial charge in [-0.3, -0.25) is 14.6 Å². The maximum absolute atomic E-state index is 13.2. The minimum absolute atomic E-state index is 0.231. The average molecular weight is 349 g/mol. The first-order valence-corrected chi connectivity index (χ1v) is 8.27. The number of anilines is 1. The van der Waals surface area contributed by atoms with Crippen molar-refractivity contribution in [2.75, 3.05) is 31.5 Å². The Labute approximate surface area is 145 Å². The number of rotatable bonds is 5. The third kappa shape index (κ3) is 4.43. The van der Waals surface area contributed by atoms with Crippen LogP contribution in [0.2, 0.25) is 0 Å². The highest BCUT2D eigenvalue weighted by molar-refractivity contribution is 5.94. The Kier molecular flexibility index (Phi) is 5.45. The molecule has 1 fully saturated rings. The van der Waals surface area contributed by atoms with Gasteiger partial charge in [0.1, 0.15) is 5.76 Å². The van der Waals surface area contributed by atoms with Gasteiger partial charge in [-0.2, -0.15) is 0 Å². The molecule has 1 amide bonds. The number of carbonyl (C=O) groups excluding carboxylic acids is 1. The molecule has 5 nitrogen and oxygen atoms in total. The van der Waals surface area contributed by atoms with Crippen molar-refractivity contribution in [1.29, 1.82) is 0 Å². The SMILES string of the molecule is CC(C(=O)Nc1ccc(F)c(F)c1)N1CCN(Cc2ccco2)CC1. The summed E-state index contributed by atoms with van der Waals surface area (Å²) >= 11 is 0. The van der Waals surface area contributed by atoms with E-state index in [0.717, 1.165) is 50.6 Å². The third-order valence-corrected chi connectivity index (χ3v) is 4.48. The molecule has 1 saturated heterocycles. The standard InChI is InChI=1S/C18H21F2N3O2/c1-13(18(24)21-14-4-5-16(19)17(20)11-14)23-8-6-22(7-9-23)12-15-3-2-10-25-15/h2-5,10-11,13H,6-9,12H2,1H3,(H,21,24). The maximum atomic E-state index is 13.2. The molecule has 134 valence electrons. The first kappa shape index (κ1) is 17.6. The van der Waals surface area contributed by atoms with E-state index in [1.807, 2.05) is 19.1 Å². The molecule has 0 radical (unpaired) electrons. The summed E-state index contributed by atoms with van der Waals surface area (Å²) < 4.78 is 31.5. The topological polar surface area (TPSA) is 48.7 Å². The number of benzene rings is 1. The van der Waals surface area contributed by atoms with Crippen LogP contribution in [0.5, 0.6) is 0 Å². The van der Waals surface area contributed by atoms with Crippen LogP contribution in [0, 0.1) is 11.6 Å². The van der Waals surface area contributed by atoms with Gasteiger partial charge in [0.05, 0.1) is 18.8 Å².